The first-order chi connectivity index (χ1) is 17.5. The van der Waals surface area contributed by atoms with Crippen LogP contribution in [0.3, 0.4) is 0 Å². The summed E-state index contributed by atoms with van der Waals surface area (Å²) >= 11 is 0. The number of ether oxygens (including phenoxy) is 4. The van der Waals surface area contributed by atoms with Crippen LogP contribution in [0, 0.1) is 0 Å². The number of carbonyl (C=O) groups is 3. The highest BCUT2D eigenvalue weighted by Crippen LogP contribution is 2.50. The Kier molecular flexibility index (Phi) is 5.18. The molecule has 36 heavy (non-hydrogen) atoms. The fourth-order valence-corrected chi connectivity index (χ4v) is 4.74. The largest absolute Gasteiger partial charge is 0.489 e. The molecule has 0 saturated carbocycles. The Morgan fingerprint density at radius 2 is 1.78 bits per heavy atom. The van der Waals surface area contributed by atoms with Gasteiger partial charge < -0.3 is 18.9 Å². The molecular formula is C29H20O7. The van der Waals surface area contributed by atoms with Gasteiger partial charge in [-0.05, 0) is 53.6 Å². The third-order valence-corrected chi connectivity index (χ3v) is 6.51. The Labute approximate surface area is 206 Å². The van der Waals surface area contributed by atoms with Crippen LogP contribution in [0.1, 0.15) is 49.7 Å². The molecule has 7 heteroatoms. The fourth-order valence-electron chi connectivity index (χ4n) is 4.74. The van der Waals surface area contributed by atoms with E-state index in [1.807, 2.05) is 30.3 Å². The minimum Gasteiger partial charge on any atom is -0.489 e. The number of allylic oxidation sites excluding steroid dienone is 1. The van der Waals surface area contributed by atoms with Gasteiger partial charge in [-0.15, -0.1) is 0 Å². The maximum atomic E-state index is 13.2. The summed E-state index contributed by atoms with van der Waals surface area (Å²) in [5.41, 5.74) is 4.01. The zero-order valence-corrected chi connectivity index (χ0v) is 19.3. The Hall–Kier alpha value is -4.65. The van der Waals surface area contributed by atoms with Gasteiger partial charge in [0.1, 0.15) is 23.9 Å². The van der Waals surface area contributed by atoms with Crippen LogP contribution >= 0.6 is 0 Å². The van der Waals surface area contributed by atoms with Crippen LogP contribution in [-0.4, -0.2) is 31.4 Å². The number of benzene rings is 3. The minimum absolute atomic E-state index is 0.117. The van der Waals surface area contributed by atoms with Crippen LogP contribution in [0.4, 0.5) is 0 Å². The highest BCUT2D eigenvalue weighted by molar-refractivity contribution is 6.15. The lowest BCUT2D eigenvalue weighted by Gasteiger charge is -2.29. The molecule has 0 aliphatic carbocycles. The molecule has 1 atom stereocenters. The molecular weight excluding hydrogens is 460 g/mol. The maximum absolute atomic E-state index is 13.2. The second-order valence-corrected chi connectivity index (χ2v) is 8.68. The topological polar surface area (TPSA) is 88.1 Å². The first kappa shape index (κ1) is 21.9. The van der Waals surface area contributed by atoms with Crippen molar-refractivity contribution in [1.29, 1.82) is 0 Å². The summed E-state index contributed by atoms with van der Waals surface area (Å²) in [4.78, 5) is 37.3. The first-order valence-corrected chi connectivity index (χ1v) is 11.4. The number of hydrogen-bond acceptors (Lipinski definition) is 7. The summed E-state index contributed by atoms with van der Waals surface area (Å²) in [6.07, 6.45) is 3.77. The lowest BCUT2D eigenvalue weighted by atomic mass is 9.83. The molecule has 3 aliphatic heterocycles. The second-order valence-electron chi connectivity index (χ2n) is 8.68. The molecule has 0 radical (unpaired) electrons. The molecule has 0 amide bonds. The van der Waals surface area contributed by atoms with Crippen LogP contribution < -0.4 is 14.2 Å². The molecule has 7 nitrogen and oxygen atoms in total. The number of methoxy groups -OCH3 is 1. The summed E-state index contributed by atoms with van der Waals surface area (Å²) < 4.78 is 22.3. The lowest BCUT2D eigenvalue weighted by Crippen LogP contribution is -2.24. The lowest BCUT2D eigenvalue weighted by molar-refractivity contribution is -0.135. The molecule has 0 N–H and O–H groups in total. The van der Waals surface area contributed by atoms with E-state index in [0.29, 0.717) is 40.4 Å². The van der Waals surface area contributed by atoms with Crippen molar-refractivity contribution in [2.45, 2.75) is 12.3 Å². The Morgan fingerprint density at radius 1 is 0.972 bits per heavy atom. The molecule has 3 aromatic carbocycles. The number of Topliss-reactive ketones (excluding diaryl/α,β-unsaturated/α-hetero) is 1. The average molecular weight is 480 g/mol. The number of ketones is 1. The third-order valence-electron chi connectivity index (χ3n) is 6.51. The van der Waals surface area contributed by atoms with Gasteiger partial charge in [0.2, 0.25) is 5.78 Å². The normalized spacial score (nSPS) is 18.8. The molecule has 0 fully saturated rings. The molecule has 178 valence electrons. The molecule has 0 spiro atoms. The number of fused-ring (bicyclic) bond motifs is 4. The van der Waals surface area contributed by atoms with Crippen molar-refractivity contribution < 1.29 is 33.3 Å². The number of para-hydroxylation sites is 1. The molecule has 6 rings (SSSR count). The summed E-state index contributed by atoms with van der Waals surface area (Å²) in [6.45, 7) is 0.321. The second kappa shape index (κ2) is 8.53. The summed E-state index contributed by atoms with van der Waals surface area (Å²) in [6, 6.07) is 17.6. The zero-order chi connectivity index (χ0) is 24.8. The van der Waals surface area contributed by atoms with Crippen LogP contribution in [0.15, 0.2) is 72.0 Å². The standard InChI is InChI=1S/C29H20O7/c1-33-29(32)17-8-6-16(7-9-17)12-24-27(31)20-10-11-23-26(28(20)36-24)21(14-25(30)35-23)19-13-18-4-2-3-5-22(18)34-15-19/h2-13,21H,14-15H2,1H3/b24-12-. The molecule has 0 aromatic heterocycles. The maximum Gasteiger partial charge on any atom is 0.337 e. The summed E-state index contributed by atoms with van der Waals surface area (Å²) in [7, 11) is 1.32. The number of esters is 2. The van der Waals surface area contributed by atoms with Gasteiger partial charge in [-0.3, -0.25) is 9.59 Å². The predicted molar refractivity (Wildman–Crippen MR) is 130 cm³/mol. The van der Waals surface area contributed by atoms with Crippen molar-refractivity contribution >= 4 is 29.9 Å². The molecule has 0 bridgehead atoms. The molecule has 3 aromatic rings. The van der Waals surface area contributed by atoms with Gasteiger partial charge in [-0.25, -0.2) is 4.79 Å². The third kappa shape index (κ3) is 3.65. The molecule has 3 aliphatic rings. The van der Waals surface area contributed by atoms with E-state index in [0.717, 1.165) is 16.9 Å². The quantitative estimate of drug-likeness (QED) is 0.298. The highest BCUT2D eigenvalue weighted by atomic mass is 16.5. The van der Waals surface area contributed by atoms with E-state index in [9.17, 15) is 14.4 Å². The molecule has 0 saturated heterocycles. The first-order valence-electron chi connectivity index (χ1n) is 11.4. The Morgan fingerprint density at radius 3 is 2.58 bits per heavy atom. The van der Waals surface area contributed by atoms with E-state index in [4.69, 9.17) is 18.9 Å². The van der Waals surface area contributed by atoms with Gasteiger partial charge in [0, 0.05) is 17.0 Å². The number of hydrogen-bond donors (Lipinski definition) is 0. The van der Waals surface area contributed by atoms with Crippen molar-refractivity contribution in [2.24, 2.45) is 0 Å². The van der Waals surface area contributed by atoms with Gasteiger partial charge in [0.05, 0.1) is 24.7 Å². The van der Waals surface area contributed by atoms with Crippen LogP contribution in [-0.2, 0) is 9.53 Å². The van der Waals surface area contributed by atoms with Crippen LogP contribution in [0.5, 0.6) is 17.2 Å². The smallest absolute Gasteiger partial charge is 0.337 e. The fraction of sp³-hybridized carbons (Fsp3) is 0.138. The number of carbonyl (C=O) groups excluding carboxylic acids is 3. The average Bonchev–Trinajstić information content (AvgIpc) is 3.22. The van der Waals surface area contributed by atoms with Crippen LogP contribution in [0.25, 0.3) is 12.2 Å². The van der Waals surface area contributed by atoms with Gasteiger partial charge in [0.15, 0.2) is 5.76 Å². The van der Waals surface area contributed by atoms with Gasteiger partial charge in [-0.2, -0.15) is 0 Å². The van der Waals surface area contributed by atoms with E-state index in [1.54, 1.807) is 42.5 Å². The van der Waals surface area contributed by atoms with Crippen molar-refractivity contribution in [2.75, 3.05) is 13.7 Å². The van der Waals surface area contributed by atoms with E-state index < -0.39 is 5.97 Å². The number of rotatable bonds is 3. The Bertz CT molecular complexity index is 1490. The molecule has 1 unspecified atom stereocenters. The molecule has 3 heterocycles. The van der Waals surface area contributed by atoms with Gasteiger partial charge >= 0.3 is 11.9 Å². The van der Waals surface area contributed by atoms with Crippen LogP contribution in [0.2, 0.25) is 0 Å². The van der Waals surface area contributed by atoms with Gasteiger partial charge in [-0.1, -0.05) is 30.3 Å². The van der Waals surface area contributed by atoms with Gasteiger partial charge in [0.25, 0.3) is 0 Å². The zero-order valence-electron chi connectivity index (χ0n) is 19.3. The van der Waals surface area contributed by atoms with E-state index >= 15 is 0 Å². The SMILES string of the molecule is COC(=O)c1ccc(/C=C2\Oc3c(ccc4c3C(C3=Cc5ccccc5OC3)CC(=O)O4)C2=O)cc1. The minimum atomic E-state index is -0.439. The summed E-state index contributed by atoms with van der Waals surface area (Å²) in [5.74, 6) is 0.310. The van der Waals surface area contributed by atoms with Crippen molar-refractivity contribution in [1.82, 2.24) is 0 Å². The van der Waals surface area contributed by atoms with Crippen molar-refractivity contribution in [3.05, 3.63) is 99.8 Å². The van der Waals surface area contributed by atoms with E-state index in [1.165, 1.54) is 7.11 Å². The van der Waals surface area contributed by atoms with Crippen molar-refractivity contribution in [3.63, 3.8) is 0 Å². The van der Waals surface area contributed by atoms with Crippen molar-refractivity contribution in [3.8, 4) is 17.2 Å². The monoisotopic (exact) mass is 480 g/mol. The van der Waals surface area contributed by atoms with E-state index in [-0.39, 0.29) is 29.9 Å². The predicted octanol–water partition coefficient (Wildman–Crippen LogP) is 4.96. The highest BCUT2D eigenvalue weighted by Gasteiger charge is 2.39. The van der Waals surface area contributed by atoms with E-state index in [2.05, 4.69) is 0 Å². The Balaban J connectivity index is 1.38. The summed E-state index contributed by atoms with van der Waals surface area (Å²) in [5, 5.41) is 0.